The summed E-state index contributed by atoms with van der Waals surface area (Å²) >= 11 is 0. The van der Waals surface area contributed by atoms with Gasteiger partial charge in [0.1, 0.15) is 11.4 Å². The summed E-state index contributed by atoms with van der Waals surface area (Å²) in [6, 6.07) is 1.09. The number of aryl methyl sites for hydroxylation is 1. The van der Waals surface area contributed by atoms with Crippen molar-refractivity contribution in [3.63, 3.8) is 0 Å². The molecule has 1 N–H and O–H groups in total. The minimum absolute atomic E-state index is 0.185. The molecule has 0 fully saturated rings. The molecule has 1 aromatic rings. The SMILES string of the molecule is Cc1cc(F)c2n(c1=O)C(C)(C)NC2=O. The highest BCUT2D eigenvalue weighted by Gasteiger charge is 2.38. The number of pyridine rings is 1. The summed E-state index contributed by atoms with van der Waals surface area (Å²) in [6.45, 7) is 4.83. The molecule has 15 heavy (non-hydrogen) atoms. The molecule has 2 heterocycles. The van der Waals surface area contributed by atoms with Gasteiger partial charge >= 0.3 is 0 Å². The number of halogens is 1. The first-order chi connectivity index (χ1) is 6.84. The zero-order valence-electron chi connectivity index (χ0n) is 8.72. The van der Waals surface area contributed by atoms with Crippen molar-refractivity contribution in [1.29, 1.82) is 0 Å². The zero-order valence-corrected chi connectivity index (χ0v) is 8.72. The second-order valence-corrected chi connectivity index (χ2v) is 4.18. The lowest BCUT2D eigenvalue weighted by Crippen LogP contribution is -2.42. The van der Waals surface area contributed by atoms with Gasteiger partial charge in [-0.2, -0.15) is 0 Å². The second-order valence-electron chi connectivity index (χ2n) is 4.18. The summed E-state index contributed by atoms with van der Waals surface area (Å²) < 4.78 is 14.7. The highest BCUT2D eigenvalue weighted by molar-refractivity contribution is 5.95. The quantitative estimate of drug-likeness (QED) is 0.686. The smallest absolute Gasteiger partial charge is 0.272 e. The zero-order chi connectivity index (χ0) is 11.4. The van der Waals surface area contributed by atoms with Gasteiger partial charge in [0.2, 0.25) is 0 Å². The van der Waals surface area contributed by atoms with E-state index < -0.39 is 17.4 Å². The fourth-order valence-corrected chi connectivity index (χ4v) is 1.84. The molecule has 0 aromatic carbocycles. The van der Waals surface area contributed by atoms with Crippen molar-refractivity contribution >= 4 is 5.91 Å². The Morgan fingerprint density at radius 3 is 2.60 bits per heavy atom. The van der Waals surface area contributed by atoms with Crippen molar-refractivity contribution in [2.75, 3.05) is 0 Å². The van der Waals surface area contributed by atoms with Crippen molar-refractivity contribution in [2.45, 2.75) is 26.4 Å². The molecule has 0 radical (unpaired) electrons. The summed E-state index contributed by atoms with van der Waals surface area (Å²) in [5, 5.41) is 2.55. The van der Waals surface area contributed by atoms with E-state index in [0.29, 0.717) is 5.56 Å². The third-order valence-electron chi connectivity index (χ3n) is 2.53. The number of hydrogen-bond acceptors (Lipinski definition) is 2. The molecule has 0 aliphatic carbocycles. The fraction of sp³-hybridized carbons (Fsp3) is 0.400. The molecule has 0 bridgehead atoms. The lowest BCUT2D eigenvalue weighted by molar-refractivity contribution is 0.0932. The highest BCUT2D eigenvalue weighted by atomic mass is 19.1. The van der Waals surface area contributed by atoms with Crippen molar-refractivity contribution in [3.05, 3.63) is 33.5 Å². The molecule has 2 rings (SSSR count). The van der Waals surface area contributed by atoms with Crippen molar-refractivity contribution in [2.24, 2.45) is 0 Å². The molecular weight excluding hydrogens is 199 g/mol. The topological polar surface area (TPSA) is 51.1 Å². The number of amides is 1. The number of aromatic nitrogens is 1. The van der Waals surface area contributed by atoms with Crippen LogP contribution in [0, 0.1) is 12.7 Å². The number of fused-ring (bicyclic) bond motifs is 1. The normalized spacial score (nSPS) is 17.5. The van der Waals surface area contributed by atoms with E-state index in [2.05, 4.69) is 5.32 Å². The van der Waals surface area contributed by atoms with Gasteiger partial charge in [-0.3, -0.25) is 14.2 Å². The van der Waals surface area contributed by atoms with Crippen LogP contribution in [0.25, 0.3) is 0 Å². The van der Waals surface area contributed by atoms with Crippen LogP contribution in [0.1, 0.15) is 29.9 Å². The van der Waals surface area contributed by atoms with Crippen LogP contribution in [0.5, 0.6) is 0 Å². The maximum atomic E-state index is 13.5. The summed E-state index contributed by atoms with van der Waals surface area (Å²) in [7, 11) is 0. The predicted octanol–water partition coefficient (Wildman–Crippen LogP) is 0.732. The van der Waals surface area contributed by atoms with Gasteiger partial charge in [0.05, 0.1) is 0 Å². The summed E-state index contributed by atoms with van der Waals surface area (Å²) in [6.07, 6.45) is 0. The maximum Gasteiger partial charge on any atom is 0.272 e. The van der Waals surface area contributed by atoms with E-state index in [9.17, 15) is 14.0 Å². The van der Waals surface area contributed by atoms with Crippen LogP contribution in [0.2, 0.25) is 0 Å². The number of carbonyl (C=O) groups excluding carboxylic acids is 1. The molecule has 1 aliphatic heterocycles. The average molecular weight is 210 g/mol. The Balaban J connectivity index is 2.91. The fourth-order valence-electron chi connectivity index (χ4n) is 1.84. The van der Waals surface area contributed by atoms with Gasteiger partial charge in [-0.1, -0.05) is 0 Å². The van der Waals surface area contributed by atoms with Gasteiger partial charge in [0.25, 0.3) is 11.5 Å². The number of nitrogens with one attached hydrogen (secondary N) is 1. The van der Waals surface area contributed by atoms with E-state index in [4.69, 9.17) is 0 Å². The minimum Gasteiger partial charge on any atom is -0.328 e. The van der Waals surface area contributed by atoms with Crippen LogP contribution in [-0.2, 0) is 5.66 Å². The number of carbonyl (C=O) groups is 1. The molecule has 4 nitrogen and oxygen atoms in total. The van der Waals surface area contributed by atoms with Crippen LogP contribution in [0.3, 0.4) is 0 Å². The standard InChI is InChI=1S/C10H11FN2O2/c1-5-4-6(11)7-8(14)12-10(2,3)13(7)9(5)15/h4H,1-3H3,(H,12,14). The van der Waals surface area contributed by atoms with Crippen LogP contribution in [-0.4, -0.2) is 10.5 Å². The average Bonchev–Trinajstić information content (AvgIpc) is 2.32. The molecular formula is C10H11FN2O2. The Bertz CT molecular complexity index is 517. The Labute approximate surface area is 85.7 Å². The molecule has 0 saturated heterocycles. The van der Waals surface area contributed by atoms with Gasteiger partial charge in [0.15, 0.2) is 5.82 Å². The number of hydrogen-bond donors (Lipinski definition) is 1. The molecule has 5 heteroatoms. The van der Waals surface area contributed by atoms with E-state index in [0.717, 1.165) is 6.07 Å². The summed E-state index contributed by atoms with van der Waals surface area (Å²) in [4.78, 5) is 23.2. The van der Waals surface area contributed by atoms with Crippen molar-refractivity contribution in [3.8, 4) is 0 Å². The second kappa shape index (κ2) is 2.68. The lowest BCUT2D eigenvalue weighted by atomic mass is 10.2. The number of rotatable bonds is 0. The predicted molar refractivity (Wildman–Crippen MR) is 52.2 cm³/mol. The lowest BCUT2D eigenvalue weighted by Gasteiger charge is -2.21. The first-order valence-electron chi connectivity index (χ1n) is 4.60. The van der Waals surface area contributed by atoms with Gasteiger partial charge in [-0.05, 0) is 26.8 Å². The van der Waals surface area contributed by atoms with E-state index in [1.807, 2.05) is 0 Å². The van der Waals surface area contributed by atoms with Crippen molar-refractivity contribution in [1.82, 2.24) is 9.88 Å². The Morgan fingerprint density at radius 1 is 1.40 bits per heavy atom. The van der Waals surface area contributed by atoms with Gasteiger partial charge in [0, 0.05) is 5.56 Å². The first-order valence-corrected chi connectivity index (χ1v) is 4.60. The number of nitrogens with zero attached hydrogens (tertiary/aromatic N) is 1. The molecule has 1 amide bonds. The van der Waals surface area contributed by atoms with Crippen molar-refractivity contribution < 1.29 is 9.18 Å². The molecule has 0 saturated carbocycles. The molecule has 0 atom stereocenters. The van der Waals surface area contributed by atoms with Gasteiger partial charge in [-0.25, -0.2) is 4.39 Å². The summed E-state index contributed by atoms with van der Waals surface area (Å²) in [5.41, 5.74) is -1.10. The third kappa shape index (κ3) is 1.19. The van der Waals surface area contributed by atoms with Gasteiger partial charge in [-0.15, -0.1) is 0 Å². The molecule has 1 aromatic heterocycles. The third-order valence-corrected chi connectivity index (χ3v) is 2.53. The molecule has 1 aliphatic rings. The Morgan fingerprint density at radius 2 is 2.00 bits per heavy atom. The van der Waals surface area contributed by atoms with E-state index in [1.165, 1.54) is 11.5 Å². The summed E-state index contributed by atoms with van der Waals surface area (Å²) in [5.74, 6) is -1.20. The largest absolute Gasteiger partial charge is 0.328 e. The van der Waals surface area contributed by atoms with E-state index in [1.54, 1.807) is 13.8 Å². The van der Waals surface area contributed by atoms with Gasteiger partial charge < -0.3 is 5.32 Å². The maximum absolute atomic E-state index is 13.5. The van der Waals surface area contributed by atoms with Crippen LogP contribution in [0.4, 0.5) is 4.39 Å². The molecule has 0 spiro atoms. The Hall–Kier alpha value is -1.65. The monoisotopic (exact) mass is 210 g/mol. The minimum atomic E-state index is -0.865. The Kier molecular flexibility index (Phi) is 1.77. The van der Waals surface area contributed by atoms with E-state index >= 15 is 0 Å². The van der Waals surface area contributed by atoms with Crippen LogP contribution >= 0.6 is 0 Å². The highest BCUT2D eigenvalue weighted by Crippen LogP contribution is 2.22. The first kappa shape index (κ1) is 9.89. The van der Waals surface area contributed by atoms with Crippen LogP contribution < -0.4 is 10.9 Å². The molecule has 80 valence electrons. The van der Waals surface area contributed by atoms with Crippen LogP contribution in [0.15, 0.2) is 10.9 Å². The van der Waals surface area contributed by atoms with E-state index in [-0.39, 0.29) is 11.3 Å². The molecule has 0 unspecified atom stereocenters.